The van der Waals surface area contributed by atoms with Crippen molar-refractivity contribution in [3.05, 3.63) is 0 Å². The molecule has 1 saturated carbocycles. The molecule has 3 unspecified atom stereocenters. The van der Waals surface area contributed by atoms with Crippen molar-refractivity contribution in [1.82, 2.24) is 0 Å². The fourth-order valence-corrected chi connectivity index (χ4v) is 3.52. The molecule has 0 radical (unpaired) electrons. The summed E-state index contributed by atoms with van der Waals surface area (Å²) in [5.74, 6) is 1.14. The zero-order valence-electron chi connectivity index (χ0n) is 11.7. The second-order valence-corrected chi connectivity index (χ2v) is 6.00. The second-order valence-electron chi connectivity index (χ2n) is 6.00. The molecule has 4 heteroatoms. The molecule has 3 atom stereocenters. The normalized spacial score (nSPS) is 32.5. The molecular formula is C14H26O4. The standard InChI is InChI=1S/C14H26O4/c1-10(2)12-6-5-11(3)9-14(12,7-4-8-15)18-13(16)17/h10-12,15H,4-9H2,1-3H3,(H,16,17). The van der Waals surface area contributed by atoms with Gasteiger partial charge in [0.25, 0.3) is 0 Å². The largest absolute Gasteiger partial charge is 0.506 e. The van der Waals surface area contributed by atoms with E-state index in [0.29, 0.717) is 24.7 Å². The van der Waals surface area contributed by atoms with Crippen LogP contribution >= 0.6 is 0 Å². The van der Waals surface area contributed by atoms with Crippen molar-refractivity contribution in [2.75, 3.05) is 6.61 Å². The minimum atomic E-state index is -1.19. The van der Waals surface area contributed by atoms with E-state index in [1.54, 1.807) is 0 Å². The monoisotopic (exact) mass is 258 g/mol. The lowest BCUT2D eigenvalue weighted by molar-refractivity contribution is -0.109. The van der Waals surface area contributed by atoms with Crippen LogP contribution < -0.4 is 0 Å². The van der Waals surface area contributed by atoms with Gasteiger partial charge in [0.05, 0.1) is 0 Å². The van der Waals surface area contributed by atoms with Gasteiger partial charge in [0.2, 0.25) is 0 Å². The first-order chi connectivity index (χ1) is 8.41. The van der Waals surface area contributed by atoms with Crippen molar-refractivity contribution in [2.45, 2.75) is 58.5 Å². The number of hydrogen-bond donors (Lipinski definition) is 2. The van der Waals surface area contributed by atoms with Crippen LogP contribution in [0.4, 0.5) is 4.79 Å². The van der Waals surface area contributed by atoms with E-state index >= 15 is 0 Å². The summed E-state index contributed by atoms with van der Waals surface area (Å²) in [6.07, 6.45) is 2.96. The quantitative estimate of drug-likeness (QED) is 0.743. The second kappa shape index (κ2) is 6.41. The maximum absolute atomic E-state index is 11.0. The molecule has 0 aliphatic heterocycles. The minimum Gasteiger partial charge on any atom is -0.450 e. The molecular weight excluding hydrogens is 232 g/mol. The Morgan fingerprint density at radius 1 is 1.44 bits per heavy atom. The average Bonchev–Trinajstić information content (AvgIpc) is 2.25. The number of ether oxygens (including phenoxy) is 1. The molecule has 0 heterocycles. The number of rotatable bonds is 5. The van der Waals surface area contributed by atoms with Gasteiger partial charge < -0.3 is 14.9 Å². The van der Waals surface area contributed by atoms with Crippen LogP contribution in [-0.4, -0.2) is 28.6 Å². The van der Waals surface area contributed by atoms with Crippen LogP contribution in [0.2, 0.25) is 0 Å². The summed E-state index contributed by atoms with van der Waals surface area (Å²) >= 11 is 0. The predicted octanol–water partition coefficient (Wildman–Crippen LogP) is 3.28. The Bertz CT molecular complexity index is 277. The lowest BCUT2D eigenvalue weighted by atomic mass is 9.65. The molecule has 0 bridgehead atoms. The minimum absolute atomic E-state index is 0.0872. The third-order valence-electron chi connectivity index (χ3n) is 4.19. The smallest absolute Gasteiger partial charge is 0.450 e. The topological polar surface area (TPSA) is 66.8 Å². The van der Waals surface area contributed by atoms with Crippen molar-refractivity contribution in [1.29, 1.82) is 0 Å². The van der Waals surface area contributed by atoms with E-state index in [9.17, 15) is 4.79 Å². The highest BCUT2D eigenvalue weighted by Gasteiger charge is 2.47. The van der Waals surface area contributed by atoms with Gasteiger partial charge in [0.1, 0.15) is 5.60 Å². The zero-order chi connectivity index (χ0) is 13.8. The van der Waals surface area contributed by atoms with Crippen LogP contribution in [0, 0.1) is 17.8 Å². The number of aliphatic hydroxyl groups is 1. The van der Waals surface area contributed by atoms with Crippen LogP contribution in [0.3, 0.4) is 0 Å². The number of aliphatic hydroxyl groups excluding tert-OH is 1. The molecule has 1 rings (SSSR count). The van der Waals surface area contributed by atoms with E-state index in [2.05, 4.69) is 20.8 Å². The van der Waals surface area contributed by atoms with Gasteiger partial charge in [-0.1, -0.05) is 27.2 Å². The third-order valence-corrected chi connectivity index (χ3v) is 4.19. The molecule has 4 nitrogen and oxygen atoms in total. The maximum Gasteiger partial charge on any atom is 0.506 e. The van der Waals surface area contributed by atoms with E-state index in [-0.39, 0.29) is 12.5 Å². The summed E-state index contributed by atoms with van der Waals surface area (Å²) in [6, 6.07) is 0. The summed E-state index contributed by atoms with van der Waals surface area (Å²) in [4.78, 5) is 11.0. The third kappa shape index (κ3) is 3.61. The number of carbonyl (C=O) groups is 1. The lowest BCUT2D eigenvalue weighted by Crippen LogP contribution is -2.49. The number of carboxylic acid groups (broad SMARTS) is 1. The Kier molecular flexibility index (Phi) is 5.45. The molecule has 1 fully saturated rings. The van der Waals surface area contributed by atoms with Gasteiger partial charge in [0, 0.05) is 12.5 Å². The fraction of sp³-hybridized carbons (Fsp3) is 0.929. The van der Waals surface area contributed by atoms with Crippen LogP contribution in [0.25, 0.3) is 0 Å². The lowest BCUT2D eigenvalue weighted by Gasteiger charge is -2.47. The van der Waals surface area contributed by atoms with Gasteiger partial charge in [-0.2, -0.15) is 0 Å². The molecule has 0 aromatic heterocycles. The Morgan fingerprint density at radius 3 is 2.61 bits per heavy atom. The highest BCUT2D eigenvalue weighted by Crippen LogP contribution is 2.46. The molecule has 18 heavy (non-hydrogen) atoms. The van der Waals surface area contributed by atoms with Gasteiger partial charge in [-0.15, -0.1) is 0 Å². The maximum atomic E-state index is 11.0. The van der Waals surface area contributed by atoms with E-state index < -0.39 is 11.8 Å². The van der Waals surface area contributed by atoms with E-state index in [0.717, 1.165) is 19.3 Å². The van der Waals surface area contributed by atoms with E-state index in [4.69, 9.17) is 14.9 Å². The molecule has 0 aromatic rings. The molecule has 106 valence electrons. The van der Waals surface area contributed by atoms with Crippen LogP contribution in [0.5, 0.6) is 0 Å². The molecule has 0 aromatic carbocycles. The Morgan fingerprint density at radius 2 is 2.11 bits per heavy atom. The SMILES string of the molecule is CC1CCC(C(C)C)C(CCCO)(OC(=O)O)C1. The summed E-state index contributed by atoms with van der Waals surface area (Å²) in [7, 11) is 0. The molecule has 2 N–H and O–H groups in total. The molecule has 0 saturated heterocycles. The first-order valence-electron chi connectivity index (χ1n) is 6.94. The van der Waals surface area contributed by atoms with E-state index in [1.165, 1.54) is 0 Å². The van der Waals surface area contributed by atoms with Gasteiger partial charge >= 0.3 is 6.16 Å². The Labute approximate surface area is 109 Å². The van der Waals surface area contributed by atoms with Gasteiger partial charge in [-0.05, 0) is 37.5 Å². The van der Waals surface area contributed by atoms with Crippen LogP contribution in [0.15, 0.2) is 0 Å². The highest BCUT2D eigenvalue weighted by atomic mass is 16.7. The van der Waals surface area contributed by atoms with Crippen molar-refractivity contribution in [2.24, 2.45) is 17.8 Å². The van der Waals surface area contributed by atoms with Gasteiger partial charge in [-0.3, -0.25) is 0 Å². The van der Waals surface area contributed by atoms with Crippen molar-refractivity contribution < 1.29 is 19.7 Å². The van der Waals surface area contributed by atoms with Gasteiger partial charge in [0.15, 0.2) is 0 Å². The Balaban J connectivity index is 2.94. The molecule has 0 amide bonds. The fourth-order valence-electron chi connectivity index (χ4n) is 3.52. The first kappa shape index (κ1) is 15.3. The molecule has 1 aliphatic rings. The summed E-state index contributed by atoms with van der Waals surface area (Å²) in [5, 5.41) is 18.1. The summed E-state index contributed by atoms with van der Waals surface area (Å²) < 4.78 is 5.33. The highest BCUT2D eigenvalue weighted by molar-refractivity contribution is 5.57. The van der Waals surface area contributed by atoms with Crippen molar-refractivity contribution >= 4 is 6.16 Å². The molecule has 1 aliphatic carbocycles. The summed E-state index contributed by atoms with van der Waals surface area (Å²) in [5.41, 5.74) is -0.597. The van der Waals surface area contributed by atoms with Crippen molar-refractivity contribution in [3.8, 4) is 0 Å². The number of hydrogen-bond acceptors (Lipinski definition) is 3. The van der Waals surface area contributed by atoms with Crippen LogP contribution in [-0.2, 0) is 4.74 Å². The van der Waals surface area contributed by atoms with Crippen LogP contribution in [0.1, 0.15) is 52.9 Å². The summed E-state index contributed by atoms with van der Waals surface area (Å²) in [6.45, 7) is 6.48. The Hall–Kier alpha value is -0.770. The average molecular weight is 258 g/mol. The molecule has 0 spiro atoms. The van der Waals surface area contributed by atoms with Gasteiger partial charge in [-0.25, -0.2) is 4.79 Å². The predicted molar refractivity (Wildman–Crippen MR) is 69.5 cm³/mol. The zero-order valence-corrected chi connectivity index (χ0v) is 11.7. The first-order valence-corrected chi connectivity index (χ1v) is 6.94. The van der Waals surface area contributed by atoms with Crippen molar-refractivity contribution in [3.63, 3.8) is 0 Å². The van der Waals surface area contributed by atoms with E-state index in [1.807, 2.05) is 0 Å².